The summed E-state index contributed by atoms with van der Waals surface area (Å²) in [6.45, 7) is 4.33. The molecule has 182 valence electrons. The van der Waals surface area contributed by atoms with Crippen LogP contribution >= 0.6 is 0 Å². The average Bonchev–Trinajstić information content (AvgIpc) is 2.78. The summed E-state index contributed by atoms with van der Waals surface area (Å²) in [4.78, 5) is 12.8. The van der Waals surface area contributed by atoms with E-state index in [1.807, 2.05) is 13.8 Å². The monoisotopic (exact) mass is 467 g/mol. The highest BCUT2D eigenvalue weighted by Crippen LogP contribution is 2.33. The number of carbonyl (C=O) groups is 1. The van der Waals surface area contributed by atoms with Crippen LogP contribution in [0.2, 0.25) is 0 Å². The van der Waals surface area contributed by atoms with Gasteiger partial charge in [0.1, 0.15) is 17.5 Å². The predicted octanol–water partition coefficient (Wildman–Crippen LogP) is 4.54. The topological polar surface area (TPSA) is 71.6 Å². The third-order valence-corrected chi connectivity index (χ3v) is 5.00. The molecule has 0 heterocycles. The Bertz CT molecular complexity index is 876. The van der Waals surface area contributed by atoms with Gasteiger partial charge in [-0.05, 0) is 30.0 Å². The first-order chi connectivity index (χ1) is 15.7. The summed E-state index contributed by atoms with van der Waals surface area (Å²) >= 11 is 0. The second kappa shape index (κ2) is 12.3. The fourth-order valence-electron chi connectivity index (χ4n) is 3.40. The van der Waals surface area contributed by atoms with E-state index >= 15 is 0 Å². The minimum absolute atomic E-state index is 0.0274. The number of hydrogen-bond acceptors (Lipinski definition) is 5. The molecule has 0 aromatic heterocycles. The highest BCUT2D eigenvalue weighted by molar-refractivity contribution is 5.81. The molecule has 0 saturated heterocycles. The Morgan fingerprint density at radius 1 is 1.00 bits per heavy atom. The van der Waals surface area contributed by atoms with Crippen molar-refractivity contribution in [2.24, 2.45) is 5.92 Å². The third-order valence-electron chi connectivity index (χ3n) is 5.00. The molecule has 9 heteroatoms. The second-order valence-corrected chi connectivity index (χ2v) is 8.02. The van der Waals surface area contributed by atoms with Crippen LogP contribution < -0.4 is 25.4 Å². The van der Waals surface area contributed by atoms with Crippen LogP contribution in [0.15, 0.2) is 48.5 Å². The maximum atomic E-state index is 13.8. The van der Waals surface area contributed by atoms with E-state index < -0.39 is 24.2 Å². The molecule has 0 spiro atoms. The first-order valence-corrected chi connectivity index (χ1v) is 10.8. The van der Waals surface area contributed by atoms with Crippen LogP contribution in [-0.4, -0.2) is 45.4 Å². The summed E-state index contributed by atoms with van der Waals surface area (Å²) < 4.78 is 51.8. The molecule has 0 radical (unpaired) electrons. The molecular weight excluding hydrogens is 435 g/mol. The van der Waals surface area contributed by atoms with E-state index in [-0.39, 0.29) is 24.4 Å². The molecule has 2 aromatic carbocycles. The van der Waals surface area contributed by atoms with Crippen molar-refractivity contribution in [1.82, 2.24) is 10.6 Å². The number of ether oxygens (including phenoxy) is 2. The van der Waals surface area contributed by atoms with Crippen molar-refractivity contribution in [3.63, 3.8) is 0 Å². The highest BCUT2D eigenvalue weighted by Gasteiger charge is 2.42. The molecule has 2 unspecified atom stereocenters. The first-order valence-electron chi connectivity index (χ1n) is 10.8. The number of anilines is 1. The zero-order valence-electron chi connectivity index (χ0n) is 19.3. The molecule has 2 aromatic rings. The van der Waals surface area contributed by atoms with Gasteiger partial charge in [-0.3, -0.25) is 10.1 Å². The molecule has 0 bridgehead atoms. The maximum Gasteiger partial charge on any atom is 0.407 e. The number of hydrogen-bond donors (Lipinski definition) is 3. The smallest absolute Gasteiger partial charge is 0.407 e. The Balaban J connectivity index is 2.01. The van der Waals surface area contributed by atoms with Crippen molar-refractivity contribution >= 4 is 11.6 Å². The zero-order valence-corrected chi connectivity index (χ0v) is 19.3. The van der Waals surface area contributed by atoms with Crippen molar-refractivity contribution in [2.75, 3.05) is 32.6 Å². The minimum atomic E-state index is -4.54. The minimum Gasteiger partial charge on any atom is -0.497 e. The molecule has 2 rings (SSSR count). The van der Waals surface area contributed by atoms with Gasteiger partial charge < -0.3 is 20.1 Å². The van der Waals surface area contributed by atoms with E-state index in [1.165, 1.54) is 19.2 Å². The third kappa shape index (κ3) is 8.16. The number of nitrogens with one attached hydrogen (secondary N) is 3. The summed E-state index contributed by atoms with van der Waals surface area (Å²) in [5.41, 5.74) is 0.783. The van der Waals surface area contributed by atoms with Gasteiger partial charge in [0.05, 0.1) is 25.9 Å². The van der Waals surface area contributed by atoms with Crippen LogP contribution in [0.5, 0.6) is 11.5 Å². The van der Waals surface area contributed by atoms with Gasteiger partial charge in [-0.25, -0.2) is 0 Å². The molecule has 6 nitrogen and oxygen atoms in total. The Morgan fingerprint density at radius 2 is 1.70 bits per heavy atom. The van der Waals surface area contributed by atoms with E-state index in [1.54, 1.807) is 43.5 Å². The van der Waals surface area contributed by atoms with Crippen LogP contribution in [0.4, 0.5) is 18.9 Å². The van der Waals surface area contributed by atoms with E-state index in [9.17, 15) is 18.0 Å². The highest BCUT2D eigenvalue weighted by atomic mass is 19.4. The van der Waals surface area contributed by atoms with E-state index in [4.69, 9.17) is 9.47 Å². The van der Waals surface area contributed by atoms with Gasteiger partial charge in [-0.1, -0.05) is 44.2 Å². The molecule has 0 aliphatic heterocycles. The molecule has 0 aliphatic rings. The van der Waals surface area contributed by atoms with E-state index in [2.05, 4.69) is 16.0 Å². The molecular formula is C24H32F3N3O3. The van der Waals surface area contributed by atoms with Gasteiger partial charge in [-0.15, -0.1) is 0 Å². The number of benzene rings is 2. The molecule has 1 amide bonds. The summed E-state index contributed by atoms with van der Waals surface area (Å²) in [6, 6.07) is 9.91. The SMILES string of the molecule is COc1ccc(NCCNC(=O)C(CC(C)C)NC(c2ccccc2)C(F)(F)F)c(OC)c1. The molecule has 33 heavy (non-hydrogen) atoms. The Kier molecular flexibility index (Phi) is 9.84. The van der Waals surface area contributed by atoms with Crippen molar-refractivity contribution < 1.29 is 27.4 Å². The lowest BCUT2D eigenvalue weighted by Crippen LogP contribution is -2.50. The maximum absolute atomic E-state index is 13.8. The average molecular weight is 468 g/mol. The number of rotatable bonds is 12. The van der Waals surface area contributed by atoms with E-state index in [0.29, 0.717) is 23.7 Å². The first kappa shape index (κ1) is 26.3. The van der Waals surface area contributed by atoms with Gasteiger partial charge >= 0.3 is 6.18 Å². The molecule has 0 aliphatic carbocycles. The number of alkyl halides is 3. The normalized spacial score (nSPS) is 13.3. The fourth-order valence-corrected chi connectivity index (χ4v) is 3.40. The largest absolute Gasteiger partial charge is 0.497 e. The van der Waals surface area contributed by atoms with Crippen molar-refractivity contribution in [2.45, 2.75) is 38.5 Å². The molecule has 0 fully saturated rings. The van der Waals surface area contributed by atoms with E-state index in [0.717, 1.165) is 0 Å². The van der Waals surface area contributed by atoms with Crippen LogP contribution in [0, 0.1) is 5.92 Å². The summed E-state index contributed by atoms with van der Waals surface area (Å²) in [7, 11) is 3.09. The van der Waals surface area contributed by atoms with Gasteiger partial charge in [-0.2, -0.15) is 13.2 Å². The lowest BCUT2D eigenvalue weighted by atomic mass is 9.99. The van der Waals surface area contributed by atoms with Crippen molar-refractivity contribution in [3.8, 4) is 11.5 Å². The summed E-state index contributed by atoms with van der Waals surface area (Å²) in [5, 5.41) is 8.42. The molecule has 2 atom stereocenters. The van der Waals surface area contributed by atoms with Gasteiger partial charge in [0, 0.05) is 19.2 Å². The van der Waals surface area contributed by atoms with Crippen LogP contribution in [-0.2, 0) is 4.79 Å². The number of carbonyl (C=O) groups excluding carboxylic acids is 1. The number of amides is 1. The Morgan fingerprint density at radius 3 is 2.27 bits per heavy atom. The fraction of sp³-hybridized carbons (Fsp3) is 0.458. The van der Waals surface area contributed by atoms with Gasteiger partial charge in [0.2, 0.25) is 5.91 Å². The zero-order chi connectivity index (χ0) is 24.4. The van der Waals surface area contributed by atoms with Gasteiger partial charge in [0.15, 0.2) is 0 Å². The molecule has 0 saturated carbocycles. The second-order valence-electron chi connectivity index (χ2n) is 8.02. The van der Waals surface area contributed by atoms with Crippen LogP contribution in [0.1, 0.15) is 31.9 Å². The number of halogens is 3. The van der Waals surface area contributed by atoms with Gasteiger partial charge in [0.25, 0.3) is 0 Å². The Hall–Kier alpha value is -2.94. The molecule has 3 N–H and O–H groups in total. The summed E-state index contributed by atoms with van der Waals surface area (Å²) in [5.74, 6) is 0.777. The van der Waals surface area contributed by atoms with Crippen LogP contribution in [0.25, 0.3) is 0 Å². The number of methoxy groups -OCH3 is 2. The van der Waals surface area contributed by atoms with Crippen LogP contribution in [0.3, 0.4) is 0 Å². The van der Waals surface area contributed by atoms with Crippen molar-refractivity contribution in [3.05, 3.63) is 54.1 Å². The predicted molar refractivity (Wildman–Crippen MR) is 123 cm³/mol. The lowest BCUT2D eigenvalue weighted by molar-refractivity contribution is -0.161. The summed E-state index contributed by atoms with van der Waals surface area (Å²) in [6.07, 6.45) is -4.27. The lowest BCUT2D eigenvalue weighted by Gasteiger charge is -2.28. The van der Waals surface area contributed by atoms with Crippen molar-refractivity contribution in [1.29, 1.82) is 0 Å². The standard InChI is InChI=1S/C24H32F3N3O3/c1-16(2)14-20(30-22(24(25,26)27)17-8-6-5-7-9-17)23(31)29-13-12-28-19-11-10-18(32-3)15-21(19)33-4/h5-11,15-16,20,22,28,30H,12-14H2,1-4H3,(H,29,31). The quantitative estimate of drug-likeness (QED) is 0.400. The Labute approximate surface area is 192 Å².